The Bertz CT molecular complexity index is 1730. The number of nitrogens with zero attached hydrogens (tertiary/aromatic N) is 5. The van der Waals surface area contributed by atoms with Gasteiger partial charge in [-0.3, -0.25) is 19.1 Å². The molecule has 11 nitrogen and oxygen atoms in total. The lowest BCUT2D eigenvalue weighted by Crippen LogP contribution is -2.41. The van der Waals surface area contributed by atoms with Gasteiger partial charge in [0.1, 0.15) is 0 Å². The van der Waals surface area contributed by atoms with Crippen LogP contribution >= 0.6 is 0 Å². The lowest BCUT2D eigenvalue weighted by molar-refractivity contribution is -0.122. The third kappa shape index (κ3) is 6.72. The van der Waals surface area contributed by atoms with Gasteiger partial charge in [-0.15, -0.1) is 0 Å². The number of nitrogens with two attached hydrogens (primary N) is 1. The molecule has 1 saturated carbocycles. The Hall–Kier alpha value is -4.38. The van der Waals surface area contributed by atoms with Gasteiger partial charge in [-0.25, -0.2) is 9.97 Å². The highest BCUT2D eigenvalue weighted by atomic mass is 16.2. The molecule has 1 fully saturated rings. The van der Waals surface area contributed by atoms with Crippen LogP contribution in [-0.2, 0) is 36.1 Å². The van der Waals surface area contributed by atoms with Crippen molar-refractivity contribution in [1.82, 2.24) is 30.0 Å². The smallest absolute Gasteiger partial charge is 0.255 e. The van der Waals surface area contributed by atoms with E-state index < -0.39 is 11.9 Å². The number of aromatic nitrogens is 4. The number of aryl methyl sites for hydroxylation is 1. The molecule has 4 atom stereocenters. The molecule has 248 valence electrons. The van der Waals surface area contributed by atoms with Crippen LogP contribution in [-0.4, -0.2) is 60.4 Å². The summed E-state index contributed by atoms with van der Waals surface area (Å²) in [6, 6.07) is 7.65. The molecule has 6 rings (SSSR count). The Kier molecular flexibility index (Phi) is 9.27. The van der Waals surface area contributed by atoms with Gasteiger partial charge in [0, 0.05) is 61.7 Å². The maximum absolute atomic E-state index is 13.3. The Balaban J connectivity index is 1.08. The molecule has 11 heteroatoms. The summed E-state index contributed by atoms with van der Waals surface area (Å²) < 4.78 is 2.02. The van der Waals surface area contributed by atoms with Crippen LogP contribution in [0.3, 0.4) is 0 Å². The van der Waals surface area contributed by atoms with E-state index in [-0.39, 0.29) is 30.6 Å². The molecule has 0 radical (unpaired) electrons. The maximum atomic E-state index is 13.3. The van der Waals surface area contributed by atoms with Crippen molar-refractivity contribution in [3.05, 3.63) is 69.8 Å². The SMILES string of the molecule is CC(=O)C(CCC(N)=O)N1Cc2c(CNC3CC[C@H](Nc4nccc(C5=Cc6c(nn(C)c6C(C)C)CC5C)n4)C3)cccc2C1=O. The van der Waals surface area contributed by atoms with E-state index in [2.05, 4.69) is 42.5 Å². The molecule has 3 aliphatic rings. The van der Waals surface area contributed by atoms with Crippen molar-refractivity contribution in [3.63, 3.8) is 0 Å². The highest BCUT2D eigenvalue weighted by molar-refractivity contribution is 6.01. The minimum absolute atomic E-state index is 0.0629. The lowest BCUT2D eigenvalue weighted by atomic mass is 9.84. The molecular formula is C36H46N8O3. The number of primary amides is 1. The average molecular weight is 639 g/mol. The molecule has 3 heterocycles. The molecular weight excluding hydrogens is 592 g/mol. The zero-order valence-corrected chi connectivity index (χ0v) is 28.0. The van der Waals surface area contributed by atoms with E-state index in [1.54, 1.807) is 4.90 Å². The molecule has 0 bridgehead atoms. The van der Waals surface area contributed by atoms with E-state index in [9.17, 15) is 14.4 Å². The van der Waals surface area contributed by atoms with E-state index in [4.69, 9.17) is 15.8 Å². The number of benzene rings is 1. The Morgan fingerprint density at radius 1 is 1.15 bits per heavy atom. The molecule has 2 aliphatic carbocycles. The normalized spacial score (nSPS) is 21.1. The van der Waals surface area contributed by atoms with E-state index in [0.29, 0.717) is 42.5 Å². The van der Waals surface area contributed by atoms with Gasteiger partial charge in [0.15, 0.2) is 5.78 Å². The molecule has 2 aromatic heterocycles. The number of anilines is 1. The predicted molar refractivity (Wildman–Crippen MR) is 181 cm³/mol. The molecule has 47 heavy (non-hydrogen) atoms. The van der Waals surface area contributed by atoms with Crippen LogP contribution in [0.2, 0.25) is 0 Å². The number of rotatable bonds is 12. The summed E-state index contributed by atoms with van der Waals surface area (Å²) in [5.41, 5.74) is 13.8. The van der Waals surface area contributed by atoms with E-state index >= 15 is 0 Å². The Morgan fingerprint density at radius 3 is 2.68 bits per heavy atom. The van der Waals surface area contributed by atoms with Crippen LogP contribution in [0.15, 0.2) is 30.5 Å². The highest BCUT2D eigenvalue weighted by Gasteiger charge is 2.36. The van der Waals surface area contributed by atoms with Gasteiger partial charge in [-0.05, 0) is 85.8 Å². The summed E-state index contributed by atoms with van der Waals surface area (Å²) in [5.74, 6) is 0.558. The fourth-order valence-electron chi connectivity index (χ4n) is 7.65. The summed E-state index contributed by atoms with van der Waals surface area (Å²) in [7, 11) is 2.03. The van der Waals surface area contributed by atoms with E-state index in [1.165, 1.54) is 23.8 Å². The molecule has 2 amide bonds. The average Bonchev–Trinajstić information content (AvgIpc) is 3.70. The molecule has 1 aliphatic heterocycles. The van der Waals surface area contributed by atoms with Crippen LogP contribution in [0.1, 0.15) is 110 Å². The second kappa shape index (κ2) is 13.4. The summed E-state index contributed by atoms with van der Waals surface area (Å²) in [6.45, 7) is 9.10. The van der Waals surface area contributed by atoms with Gasteiger partial charge < -0.3 is 21.3 Å². The first-order valence-corrected chi connectivity index (χ1v) is 16.8. The van der Waals surface area contributed by atoms with Crippen LogP contribution in [0.4, 0.5) is 5.95 Å². The monoisotopic (exact) mass is 638 g/mol. The third-order valence-electron chi connectivity index (χ3n) is 9.98. The van der Waals surface area contributed by atoms with Crippen LogP contribution in [0.25, 0.3) is 11.6 Å². The molecule has 3 unspecified atom stereocenters. The number of fused-ring (bicyclic) bond motifs is 2. The standard InChI is InChI=1S/C36H46N8O3/c1-20(2)34-28-17-27(21(3)15-31(28)42-43(34)5)30-13-14-38-36(41-30)40-25-10-9-24(16-25)39-18-23-7-6-8-26-29(23)19-44(35(26)47)32(22(4)45)11-12-33(37)46/h6-8,13-14,17,20-21,24-25,32,39H,9-12,15-16,18-19H2,1-5H3,(H2,37,46)(H,38,40,41)/t21?,24?,25-,32?/m0/s1. The summed E-state index contributed by atoms with van der Waals surface area (Å²) in [4.78, 5) is 48.2. The second-order valence-electron chi connectivity index (χ2n) is 13.7. The number of carbonyl (C=O) groups is 3. The van der Waals surface area contributed by atoms with Crippen LogP contribution < -0.4 is 16.4 Å². The first-order valence-electron chi connectivity index (χ1n) is 16.8. The number of allylic oxidation sites excluding steroid dienone is 1. The Morgan fingerprint density at radius 2 is 1.94 bits per heavy atom. The fourth-order valence-corrected chi connectivity index (χ4v) is 7.65. The number of hydrogen-bond donors (Lipinski definition) is 3. The van der Waals surface area contributed by atoms with Crippen LogP contribution in [0, 0.1) is 5.92 Å². The van der Waals surface area contributed by atoms with Gasteiger partial charge in [-0.2, -0.15) is 5.10 Å². The molecule has 3 aromatic rings. The van der Waals surface area contributed by atoms with Gasteiger partial charge in [0.2, 0.25) is 11.9 Å². The van der Waals surface area contributed by atoms with Gasteiger partial charge in [0.25, 0.3) is 5.91 Å². The number of nitrogens with one attached hydrogen (secondary N) is 2. The van der Waals surface area contributed by atoms with Crippen molar-refractivity contribution in [3.8, 4) is 0 Å². The largest absolute Gasteiger partial charge is 0.370 e. The minimum Gasteiger partial charge on any atom is -0.370 e. The highest BCUT2D eigenvalue weighted by Crippen LogP contribution is 2.37. The predicted octanol–water partition coefficient (Wildman–Crippen LogP) is 4.37. The van der Waals surface area contributed by atoms with E-state index in [0.717, 1.165) is 48.2 Å². The fraction of sp³-hybridized carbons (Fsp3) is 0.500. The van der Waals surface area contributed by atoms with E-state index in [1.807, 2.05) is 42.2 Å². The van der Waals surface area contributed by atoms with Gasteiger partial charge in [0.05, 0.1) is 17.4 Å². The first kappa shape index (κ1) is 32.6. The zero-order valence-electron chi connectivity index (χ0n) is 28.0. The summed E-state index contributed by atoms with van der Waals surface area (Å²) in [6.07, 6.45) is 8.27. The van der Waals surface area contributed by atoms with Crippen molar-refractivity contribution in [2.45, 2.75) is 103 Å². The second-order valence-corrected chi connectivity index (χ2v) is 13.7. The topological polar surface area (TPSA) is 148 Å². The van der Waals surface area contributed by atoms with Crippen LogP contribution in [0.5, 0.6) is 0 Å². The molecule has 0 saturated heterocycles. The van der Waals surface area contributed by atoms with Crippen molar-refractivity contribution in [2.24, 2.45) is 18.7 Å². The van der Waals surface area contributed by atoms with Gasteiger partial charge >= 0.3 is 0 Å². The number of hydrogen-bond acceptors (Lipinski definition) is 8. The molecule has 4 N–H and O–H groups in total. The molecule has 0 spiro atoms. The Labute approximate surface area is 276 Å². The van der Waals surface area contributed by atoms with Gasteiger partial charge in [-0.1, -0.05) is 32.9 Å². The minimum atomic E-state index is -0.659. The van der Waals surface area contributed by atoms with Crippen molar-refractivity contribution in [1.29, 1.82) is 0 Å². The maximum Gasteiger partial charge on any atom is 0.255 e. The quantitative estimate of drug-likeness (QED) is 0.265. The number of carbonyl (C=O) groups excluding carboxylic acids is 3. The lowest BCUT2D eigenvalue weighted by Gasteiger charge is -2.25. The zero-order chi connectivity index (χ0) is 33.4. The third-order valence-corrected chi connectivity index (χ3v) is 9.98. The number of ketones is 1. The summed E-state index contributed by atoms with van der Waals surface area (Å²) >= 11 is 0. The van der Waals surface area contributed by atoms with Crippen molar-refractivity contribution in [2.75, 3.05) is 5.32 Å². The number of Topliss-reactive ketones (excluding diaryl/α,β-unsaturated/α-hetero) is 1. The summed E-state index contributed by atoms with van der Waals surface area (Å²) in [5, 5.41) is 12.1. The first-order chi connectivity index (χ1) is 22.5. The van der Waals surface area contributed by atoms with Crippen molar-refractivity contribution >= 4 is 35.2 Å². The number of amides is 2. The molecule has 1 aromatic carbocycles. The van der Waals surface area contributed by atoms with Crippen molar-refractivity contribution < 1.29 is 14.4 Å².